The summed E-state index contributed by atoms with van der Waals surface area (Å²) in [4.78, 5) is 20.2. The van der Waals surface area contributed by atoms with Crippen LogP contribution < -0.4 is 4.72 Å². The molecule has 0 saturated carbocycles. The Labute approximate surface area is 187 Å². The van der Waals surface area contributed by atoms with Crippen molar-refractivity contribution in [1.29, 1.82) is 0 Å². The topological polar surface area (TPSA) is 83.8 Å². The van der Waals surface area contributed by atoms with Gasteiger partial charge in [-0.05, 0) is 69.0 Å². The molecule has 0 spiro atoms. The van der Waals surface area contributed by atoms with Crippen molar-refractivity contribution in [3.05, 3.63) is 64.1 Å². The van der Waals surface area contributed by atoms with Crippen molar-refractivity contribution in [2.24, 2.45) is 0 Å². The number of halogens is 1. The zero-order valence-corrected chi connectivity index (χ0v) is 19.3. The quantitative estimate of drug-likeness (QED) is 0.627. The van der Waals surface area contributed by atoms with Gasteiger partial charge in [-0.25, -0.2) is 13.4 Å². The molecular formula is C22H25ClN4O3S. The number of likely N-dealkylation sites (tertiary alicyclic amines) is 1. The Kier molecular flexibility index (Phi) is 5.70. The smallest absolute Gasteiger partial charge is 0.256 e. The zero-order valence-electron chi connectivity index (χ0n) is 17.7. The summed E-state index contributed by atoms with van der Waals surface area (Å²) in [5.74, 6) is -0.261. The predicted octanol–water partition coefficient (Wildman–Crippen LogP) is 4.34. The van der Waals surface area contributed by atoms with Crippen LogP contribution >= 0.6 is 11.6 Å². The summed E-state index contributed by atoms with van der Waals surface area (Å²) in [6.45, 7) is 4.64. The summed E-state index contributed by atoms with van der Waals surface area (Å²) in [6, 6.07) is 8.53. The lowest BCUT2D eigenvalue weighted by Gasteiger charge is -2.35. The number of imidazole rings is 1. The summed E-state index contributed by atoms with van der Waals surface area (Å²) in [7, 11) is -3.55. The van der Waals surface area contributed by atoms with E-state index < -0.39 is 10.0 Å². The van der Waals surface area contributed by atoms with Crippen molar-refractivity contribution in [1.82, 2.24) is 14.3 Å². The highest BCUT2D eigenvalue weighted by molar-refractivity contribution is 7.92. The molecule has 1 aliphatic rings. The molecule has 1 fully saturated rings. The molecular weight excluding hydrogens is 436 g/mol. The third-order valence-corrected chi connectivity index (χ3v) is 6.36. The van der Waals surface area contributed by atoms with Gasteiger partial charge in [0.25, 0.3) is 5.91 Å². The van der Waals surface area contributed by atoms with Crippen molar-refractivity contribution in [2.75, 3.05) is 17.5 Å². The molecule has 1 atom stereocenters. The number of anilines is 1. The lowest BCUT2D eigenvalue weighted by atomic mass is 9.98. The monoisotopic (exact) mass is 460 g/mol. The largest absolute Gasteiger partial charge is 0.330 e. The number of benzene rings is 1. The van der Waals surface area contributed by atoms with Crippen molar-refractivity contribution in [3.63, 3.8) is 0 Å². The predicted molar refractivity (Wildman–Crippen MR) is 122 cm³/mol. The minimum atomic E-state index is -3.55. The van der Waals surface area contributed by atoms with Crippen LogP contribution in [0.25, 0.3) is 5.65 Å². The van der Waals surface area contributed by atoms with E-state index in [0.717, 1.165) is 48.1 Å². The van der Waals surface area contributed by atoms with Crippen LogP contribution in [0, 0.1) is 13.8 Å². The first-order valence-corrected chi connectivity index (χ1v) is 12.4. The van der Waals surface area contributed by atoms with Gasteiger partial charge >= 0.3 is 0 Å². The van der Waals surface area contributed by atoms with Gasteiger partial charge in [0.1, 0.15) is 5.65 Å². The van der Waals surface area contributed by atoms with Crippen LogP contribution in [0.15, 0.2) is 36.5 Å². The summed E-state index contributed by atoms with van der Waals surface area (Å²) in [5.41, 5.74) is 4.36. The highest BCUT2D eigenvalue weighted by Crippen LogP contribution is 2.34. The third-order valence-electron chi connectivity index (χ3n) is 5.54. The van der Waals surface area contributed by atoms with Gasteiger partial charge in [0, 0.05) is 23.5 Å². The molecule has 31 heavy (non-hydrogen) atoms. The molecule has 1 saturated heterocycles. The number of amides is 1. The molecule has 9 heteroatoms. The molecule has 0 radical (unpaired) electrons. The second-order valence-corrected chi connectivity index (χ2v) is 10.3. The van der Waals surface area contributed by atoms with Crippen molar-refractivity contribution >= 4 is 38.9 Å². The van der Waals surface area contributed by atoms with E-state index in [1.54, 1.807) is 11.0 Å². The summed E-state index contributed by atoms with van der Waals surface area (Å²) in [6.07, 6.45) is 5.71. The fourth-order valence-electron chi connectivity index (χ4n) is 4.22. The van der Waals surface area contributed by atoms with Gasteiger partial charge in [-0.1, -0.05) is 11.6 Å². The van der Waals surface area contributed by atoms with E-state index in [1.807, 2.05) is 30.5 Å². The average molecular weight is 461 g/mol. The van der Waals surface area contributed by atoms with E-state index in [9.17, 15) is 13.2 Å². The van der Waals surface area contributed by atoms with Crippen molar-refractivity contribution in [3.8, 4) is 0 Å². The maximum absolute atomic E-state index is 13.6. The van der Waals surface area contributed by atoms with Crippen LogP contribution in [0.5, 0.6) is 0 Å². The van der Waals surface area contributed by atoms with E-state index in [-0.39, 0.29) is 23.2 Å². The van der Waals surface area contributed by atoms with Gasteiger partial charge in [-0.3, -0.25) is 9.52 Å². The van der Waals surface area contributed by atoms with Crippen LogP contribution in [0.1, 0.15) is 52.6 Å². The summed E-state index contributed by atoms with van der Waals surface area (Å²) < 4.78 is 28.1. The molecule has 7 nitrogen and oxygen atoms in total. The molecule has 3 heterocycles. The Morgan fingerprint density at radius 3 is 2.71 bits per heavy atom. The number of sulfonamides is 1. The second kappa shape index (κ2) is 8.16. The Balaban J connectivity index is 1.74. The number of hydrogen-bond donors (Lipinski definition) is 1. The Bertz CT molecular complexity index is 1270. The summed E-state index contributed by atoms with van der Waals surface area (Å²) >= 11 is 6.15. The van der Waals surface area contributed by atoms with Crippen molar-refractivity contribution < 1.29 is 13.2 Å². The number of carbonyl (C=O) groups excluding carboxylic acids is 1. The molecule has 1 aliphatic heterocycles. The second-order valence-electron chi connectivity index (χ2n) is 8.14. The minimum Gasteiger partial charge on any atom is -0.330 e. The van der Waals surface area contributed by atoms with E-state index in [2.05, 4.69) is 10.8 Å². The fourth-order valence-corrected chi connectivity index (χ4v) is 4.97. The number of piperidine rings is 1. The Morgan fingerprint density at radius 1 is 1.19 bits per heavy atom. The van der Waals surface area contributed by atoms with E-state index in [4.69, 9.17) is 16.6 Å². The third kappa shape index (κ3) is 4.55. The first-order valence-electron chi connectivity index (χ1n) is 10.2. The van der Waals surface area contributed by atoms with Crippen LogP contribution in [-0.2, 0) is 10.0 Å². The first kappa shape index (κ1) is 21.6. The molecule has 1 amide bonds. The Hall–Kier alpha value is -2.58. The minimum absolute atomic E-state index is 0.189. The van der Waals surface area contributed by atoms with E-state index in [1.165, 1.54) is 12.1 Å². The average Bonchev–Trinajstić information content (AvgIpc) is 3.12. The van der Waals surface area contributed by atoms with Crippen molar-refractivity contribution in [2.45, 2.75) is 39.2 Å². The van der Waals surface area contributed by atoms with Gasteiger partial charge in [0.2, 0.25) is 10.0 Å². The highest BCUT2D eigenvalue weighted by atomic mass is 35.5. The lowest BCUT2D eigenvalue weighted by Crippen LogP contribution is -2.39. The number of pyridine rings is 1. The summed E-state index contributed by atoms with van der Waals surface area (Å²) in [5, 5.41) is 0.370. The van der Waals surface area contributed by atoms with Gasteiger partial charge in [-0.2, -0.15) is 0 Å². The first-order chi connectivity index (χ1) is 14.6. The normalized spacial score (nSPS) is 17.2. The number of carbonyl (C=O) groups is 1. The van der Waals surface area contributed by atoms with Crippen LogP contribution in [0.2, 0.25) is 5.02 Å². The fraction of sp³-hybridized carbons (Fsp3) is 0.364. The van der Waals surface area contributed by atoms with E-state index >= 15 is 0 Å². The molecule has 2 aromatic heterocycles. The van der Waals surface area contributed by atoms with Gasteiger partial charge in [0.05, 0.1) is 29.2 Å². The number of nitrogens with zero attached hydrogens (tertiary/aromatic N) is 3. The SMILES string of the molecule is Cc1cc(C)n2cc(C3CCCCN3C(=O)c3cc(Cl)ccc3NS(C)(=O)=O)nc2c1. The number of hydrogen-bond acceptors (Lipinski definition) is 4. The van der Waals surface area contributed by atoms with E-state index in [0.29, 0.717) is 11.6 Å². The highest BCUT2D eigenvalue weighted by Gasteiger charge is 2.32. The molecule has 1 unspecified atom stereocenters. The molecule has 3 aromatic rings. The van der Waals surface area contributed by atoms with Gasteiger partial charge < -0.3 is 9.30 Å². The number of rotatable bonds is 4. The van der Waals surface area contributed by atoms with Crippen LogP contribution in [0.3, 0.4) is 0 Å². The molecule has 4 rings (SSSR count). The molecule has 1 aromatic carbocycles. The zero-order chi connectivity index (χ0) is 22.3. The Morgan fingerprint density at radius 2 is 1.97 bits per heavy atom. The maximum atomic E-state index is 13.6. The number of fused-ring (bicyclic) bond motifs is 1. The number of aromatic nitrogens is 2. The van der Waals surface area contributed by atoms with Gasteiger partial charge in [-0.15, -0.1) is 0 Å². The molecule has 164 valence electrons. The number of aryl methyl sites for hydroxylation is 2. The van der Waals surface area contributed by atoms with Crippen LogP contribution in [-0.4, -0.2) is 41.4 Å². The maximum Gasteiger partial charge on any atom is 0.256 e. The molecule has 1 N–H and O–H groups in total. The van der Waals surface area contributed by atoms with Crippen LogP contribution in [0.4, 0.5) is 5.69 Å². The molecule has 0 bridgehead atoms. The van der Waals surface area contributed by atoms with Gasteiger partial charge in [0.15, 0.2) is 0 Å². The number of nitrogens with one attached hydrogen (secondary N) is 1. The molecule has 0 aliphatic carbocycles. The standard InChI is InChI=1S/C22H25ClN4O3S/c1-14-10-15(2)27-13-19(24-21(27)11-14)20-6-4-5-9-26(20)22(28)17-12-16(23)7-8-18(17)25-31(3,29)30/h7-8,10-13,20,25H,4-6,9H2,1-3H3. The lowest BCUT2D eigenvalue weighted by molar-refractivity contribution is 0.0608.